The van der Waals surface area contributed by atoms with Gasteiger partial charge in [0.25, 0.3) is 0 Å². The highest BCUT2D eigenvalue weighted by Gasteiger charge is 2.65. The van der Waals surface area contributed by atoms with E-state index >= 15 is 0 Å². The number of halogens is 4. The Hall–Kier alpha value is 0.350. The fourth-order valence-corrected chi connectivity index (χ4v) is 2.58. The van der Waals surface area contributed by atoms with E-state index in [9.17, 15) is 4.79 Å². The zero-order chi connectivity index (χ0) is 14.0. The molecular weight excluding hydrogens is 326 g/mol. The topological polar surface area (TPSA) is 42.0 Å². The van der Waals surface area contributed by atoms with Crippen molar-refractivity contribution in [2.45, 2.75) is 8.91 Å². The molecule has 1 heterocycles. The van der Waals surface area contributed by atoms with Gasteiger partial charge in [-0.15, -0.1) is 0 Å². The van der Waals surface area contributed by atoms with Crippen LogP contribution in [-0.2, 0) is 9.47 Å². The van der Waals surface area contributed by atoms with Crippen LogP contribution in [0.25, 0.3) is 0 Å². The molecule has 18 heavy (non-hydrogen) atoms. The standard InChI is InChI=1S/C9H14Cl4N2O3/c1-17-5-3-14-7(16)15(4-6-18-2)9(12,13)8(14,10)11/h3-6H2,1-2H3. The van der Waals surface area contributed by atoms with Crippen molar-refractivity contribution in [2.24, 2.45) is 0 Å². The summed E-state index contributed by atoms with van der Waals surface area (Å²) in [5.74, 6) is 0. The minimum atomic E-state index is -1.75. The number of ether oxygens (including phenoxy) is 2. The number of carbonyl (C=O) groups is 1. The third-order valence-electron chi connectivity index (χ3n) is 2.54. The van der Waals surface area contributed by atoms with E-state index in [-0.39, 0.29) is 26.3 Å². The van der Waals surface area contributed by atoms with E-state index in [4.69, 9.17) is 55.9 Å². The van der Waals surface area contributed by atoms with Gasteiger partial charge in [0, 0.05) is 27.3 Å². The van der Waals surface area contributed by atoms with Gasteiger partial charge in [0.15, 0.2) is 0 Å². The van der Waals surface area contributed by atoms with Crippen LogP contribution in [-0.4, -0.2) is 65.3 Å². The lowest BCUT2D eigenvalue weighted by atomic mass is 10.5. The van der Waals surface area contributed by atoms with Crippen LogP contribution < -0.4 is 0 Å². The van der Waals surface area contributed by atoms with Gasteiger partial charge in [0.05, 0.1) is 13.2 Å². The van der Waals surface area contributed by atoms with Crippen LogP contribution in [0, 0.1) is 0 Å². The molecule has 0 saturated carbocycles. The number of methoxy groups -OCH3 is 2. The van der Waals surface area contributed by atoms with Crippen molar-refractivity contribution in [3.05, 3.63) is 0 Å². The van der Waals surface area contributed by atoms with Crippen LogP contribution in [0.2, 0.25) is 0 Å². The van der Waals surface area contributed by atoms with Crippen LogP contribution in [0.3, 0.4) is 0 Å². The molecule has 0 aromatic rings. The largest absolute Gasteiger partial charge is 0.383 e. The number of nitrogens with zero attached hydrogens (tertiary/aromatic N) is 2. The smallest absolute Gasteiger partial charge is 0.325 e. The van der Waals surface area contributed by atoms with Gasteiger partial charge >= 0.3 is 6.03 Å². The number of urea groups is 1. The highest BCUT2D eigenvalue weighted by molar-refractivity contribution is 6.63. The number of carbonyl (C=O) groups excluding carboxylic acids is 1. The average molecular weight is 340 g/mol. The quantitative estimate of drug-likeness (QED) is 0.550. The maximum Gasteiger partial charge on any atom is 0.325 e. The second-order valence-corrected chi connectivity index (χ2v) is 6.23. The molecule has 0 atom stereocenters. The SMILES string of the molecule is COCCN1C(=O)N(CCOC)C(Cl)(Cl)C1(Cl)Cl. The molecule has 0 radical (unpaired) electrons. The molecule has 1 aliphatic rings. The zero-order valence-corrected chi connectivity index (χ0v) is 13.0. The van der Waals surface area contributed by atoms with Gasteiger partial charge < -0.3 is 9.47 Å². The van der Waals surface area contributed by atoms with Crippen molar-refractivity contribution < 1.29 is 14.3 Å². The molecule has 0 spiro atoms. The van der Waals surface area contributed by atoms with Gasteiger partial charge in [0.2, 0.25) is 8.91 Å². The molecule has 0 N–H and O–H groups in total. The Morgan fingerprint density at radius 2 is 1.28 bits per heavy atom. The molecule has 1 fully saturated rings. The van der Waals surface area contributed by atoms with E-state index in [0.717, 1.165) is 9.80 Å². The van der Waals surface area contributed by atoms with E-state index in [1.807, 2.05) is 0 Å². The van der Waals surface area contributed by atoms with E-state index in [1.54, 1.807) is 0 Å². The lowest BCUT2D eigenvalue weighted by molar-refractivity contribution is 0.138. The van der Waals surface area contributed by atoms with Gasteiger partial charge in [-0.05, 0) is 0 Å². The Bertz CT molecular complexity index is 286. The summed E-state index contributed by atoms with van der Waals surface area (Å²) in [6, 6.07) is -0.459. The Balaban J connectivity index is 2.92. The van der Waals surface area contributed by atoms with Crippen molar-refractivity contribution in [1.29, 1.82) is 0 Å². The first kappa shape index (κ1) is 16.4. The molecule has 9 heteroatoms. The third kappa shape index (κ3) is 2.76. The van der Waals surface area contributed by atoms with E-state index < -0.39 is 14.9 Å². The summed E-state index contributed by atoms with van der Waals surface area (Å²) in [4.78, 5) is 14.5. The first-order valence-electron chi connectivity index (χ1n) is 5.13. The van der Waals surface area contributed by atoms with Crippen molar-refractivity contribution in [3.63, 3.8) is 0 Å². The van der Waals surface area contributed by atoms with Gasteiger partial charge in [-0.2, -0.15) is 0 Å². The van der Waals surface area contributed by atoms with Crippen LogP contribution in [0.15, 0.2) is 0 Å². The van der Waals surface area contributed by atoms with Gasteiger partial charge in [-0.3, -0.25) is 9.80 Å². The molecule has 5 nitrogen and oxygen atoms in total. The number of rotatable bonds is 6. The number of alkyl halides is 4. The summed E-state index contributed by atoms with van der Waals surface area (Å²) >= 11 is 24.4. The van der Waals surface area contributed by atoms with Crippen LogP contribution in [0.4, 0.5) is 4.79 Å². The monoisotopic (exact) mass is 338 g/mol. The molecular formula is C9H14Cl4N2O3. The molecule has 1 aliphatic heterocycles. The molecule has 1 rings (SSSR count). The summed E-state index contributed by atoms with van der Waals surface area (Å²) in [6.45, 7) is 0.920. The number of hydrogen-bond acceptors (Lipinski definition) is 3. The molecule has 0 unspecified atom stereocenters. The van der Waals surface area contributed by atoms with Crippen molar-refractivity contribution in [3.8, 4) is 0 Å². The van der Waals surface area contributed by atoms with E-state index in [2.05, 4.69) is 0 Å². The van der Waals surface area contributed by atoms with Crippen LogP contribution in [0.5, 0.6) is 0 Å². The molecule has 2 amide bonds. The van der Waals surface area contributed by atoms with Crippen molar-refractivity contribution in [1.82, 2.24) is 9.80 Å². The molecule has 0 bridgehead atoms. The summed E-state index contributed by atoms with van der Waals surface area (Å²) in [7, 11) is 3.00. The summed E-state index contributed by atoms with van der Waals surface area (Å²) < 4.78 is 6.28. The normalized spacial score (nSPS) is 21.8. The molecule has 0 aliphatic carbocycles. The lowest BCUT2D eigenvalue weighted by Gasteiger charge is -2.32. The predicted octanol–water partition coefficient (Wildman–Crippen LogP) is 2.28. The first-order valence-corrected chi connectivity index (χ1v) is 6.64. The van der Waals surface area contributed by atoms with Crippen LogP contribution in [0.1, 0.15) is 0 Å². The highest BCUT2D eigenvalue weighted by atomic mass is 35.5. The Morgan fingerprint density at radius 1 is 0.944 bits per heavy atom. The zero-order valence-electron chi connectivity index (χ0n) is 9.96. The fraction of sp³-hybridized carbons (Fsp3) is 0.889. The fourth-order valence-electron chi connectivity index (χ4n) is 1.55. The Morgan fingerprint density at radius 3 is 1.56 bits per heavy atom. The lowest BCUT2D eigenvalue weighted by Crippen LogP contribution is -2.47. The predicted molar refractivity (Wildman–Crippen MR) is 71.4 cm³/mol. The minimum Gasteiger partial charge on any atom is -0.383 e. The van der Waals surface area contributed by atoms with Crippen molar-refractivity contribution in [2.75, 3.05) is 40.5 Å². The second kappa shape index (κ2) is 6.20. The third-order valence-corrected chi connectivity index (χ3v) is 4.84. The van der Waals surface area contributed by atoms with Crippen LogP contribution >= 0.6 is 46.4 Å². The number of amides is 2. The molecule has 106 valence electrons. The number of hydrogen-bond donors (Lipinski definition) is 0. The minimum absolute atomic E-state index is 0.188. The molecule has 1 saturated heterocycles. The summed E-state index contributed by atoms with van der Waals surface area (Å²) in [6.07, 6.45) is 0. The van der Waals surface area contributed by atoms with Gasteiger partial charge in [-0.1, -0.05) is 46.4 Å². The Kier molecular flexibility index (Phi) is 5.65. The Labute approximate surface area is 126 Å². The first-order chi connectivity index (χ1) is 8.30. The maximum atomic E-state index is 12.2. The second-order valence-electron chi connectivity index (χ2n) is 3.65. The maximum absolute atomic E-state index is 12.2. The van der Waals surface area contributed by atoms with Crippen molar-refractivity contribution >= 4 is 52.4 Å². The molecule has 0 aromatic heterocycles. The highest BCUT2D eigenvalue weighted by Crippen LogP contribution is 2.52. The molecule has 0 aromatic carbocycles. The van der Waals surface area contributed by atoms with Gasteiger partial charge in [0.1, 0.15) is 0 Å². The van der Waals surface area contributed by atoms with Gasteiger partial charge in [-0.25, -0.2) is 4.79 Å². The van der Waals surface area contributed by atoms with E-state index in [0.29, 0.717) is 0 Å². The summed E-state index contributed by atoms with van der Waals surface area (Å²) in [5.41, 5.74) is 0. The van der Waals surface area contributed by atoms with E-state index in [1.165, 1.54) is 14.2 Å². The summed E-state index contributed by atoms with van der Waals surface area (Å²) in [5, 5.41) is 0. The average Bonchev–Trinajstić information content (AvgIpc) is 2.40.